The largest absolute Gasteiger partial charge is 0.392 e. The predicted molar refractivity (Wildman–Crippen MR) is 84.7 cm³/mol. The van der Waals surface area contributed by atoms with Crippen LogP contribution in [0.25, 0.3) is 0 Å². The zero-order valence-electron chi connectivity index (χ0n) is 12.9. The van der Waals surface area contributed by atoms with Crippen LogP contribution in [0.3, 0.4) is 0 Å². The number of benzene rings is 1. The highest BCUT2D eigenvalue weighted by atomic mass is 16.3. The van der Waals surface area contributed by atoms with Crippen LogP contribution in [0.1, 0.15) is 40.6 Å². The normalized spacial score (nSPS) is 17.9. The first-order valence-electron chi connectivity index (χ1n) is 7.85. The van der Waals surface area contributed by atoms with Gasteiger partial charge in [0.25, 0.3) is 5.91 Å². The summed E-state index contributed by atoms with van der Waals surface area (Å²) in [5.41, 5.74) is 1.75. The fourth-order valence-corrected chi connectivity index (χ4v) is 2.71. The van der Waals surface area contributed by atoms with E-state index < -0.39 is 0 Å². The highest BCUT2D eigenvalue weighted by Crippen LogP contribution is 2.14. The van der Waals surface area contributed by atoms with Gasteiger partial charge in [0, 0.05) is 13.1 Å². The van der Waals surface area contributed by atoms with Crippen molar-refractivity contribution in [3.63, 3.8) is 0 Å². The number of hydrogen-bond donors (Lipinski definition) is 3. The molecular formula is C16H21N5O2. The zero-order valence-corrected chi connectivity index (χ0v) is 12.9. The molecule has 0 radical (unpaired) electrons. The molecule has 0 bridgehead atoms. The van der Waals surface area contributed by atoms with E-state index in [2.05, 4.69) is 20.7 Å². The minimum Gasteiger partial charge on any atom is -0.392 e. The molecule has 1 amide bonds. The third-order valence-electron chi connectivity index (χ3n) is 3.98. The quantitative estimate of drug-likeness (QED) is 0.752. The highest BCUT2D eigenvalue weighted by molar-refractivity contribution is 5.90. The molecule has 23 heavy (non-hydrogen) atoms. The van der Waals surface area contributed by atoms with E-state index in [4.69, 9.17) is 5.11 Å². The maximum Gasteiger partial charge on any atom is 0.291 e. The van der Waals surface area contributed by atoms with Gasteiger partial charge in [-0.15, -0.1) is 5.10 Å². The average molecular weight is 315 g/mol. The summed E-state index contributed by atoms with van der Waals surface area (Å²) < 4.78 is 1.77. The third-order valence-corrected chi connectivity index (χ3v) is 3.98. The summed E-state index contributed by atoms with van der Waals surface area (Å²) in [5, 5.41) is 19.6. The van der Waals surface area contributed by atoms with E-state index in [1.807, 2.05) is 24.3 Å². The monoisotopic (exact) mass is 315 g/mol. The Bertz CT molecular complexity index is 664. The first-order chi connectivity index (χ1) is 11.3. The number of rotatable bonds is 5. The molecule has 1 saturated heterocycles. The smallest absolute Gasteiger partial charge is 0.291 e. The van der Waals surface area contributed by atoms with Gasteiger partial charge in [-0.2, -0.15) is 0 Å². The third kappa shape index (κ3) is 3.94. The summed E-state index contributed by atoms with van der Waals surface area (Å²) in [6, 6.07) is 7.72. The lowest BCUT2D eigenvalue weighted by Gasteiger charge is -2.22. The van der Waals surface area contributed by atoms with E-state index in [1.165, 1.54) is 0 Å². The van der Waals surface area contributed by atoms with Gasteiger partial charge in [-0.25, -0.2) is 9.67 Å². The van der Waals surface area contributed by atoms with Crippen molar-refractivity contribution in [1.29, 1.82) is 0 Å². The lowest BCUT2D eigenvalue weighted by Crippen LogP contribution is -2.32. The SMILES string of the molecule is O=C(NCc1cccc(CO)c1)c1ncn(C2CCCNC2)n1. The summed E-state index contributed by atoms with van der Waals surface area (Å²) in [7, 11) is 0. The highest BCUT2D eigenvalue weighted by Gasteiger charge is 2.18. The Kier molecular flexibility index (Phi) is 4.99. The van der Waals surface area contributed by atoms with Gasteiger partial charge in [-0.1, -0.05) is 24.3 Å². The molecule has 0 aliphatic carbocycles. The van der Waals surface area contributed by atoms with Gasteiger partial charge < -0.3 is 15.7 Å². The molecule has 1 fully saturated rings. The first kappa shape index (κ1) is 15.6. The van der Waals surface area contributed by atoms with E-state index in [0.29, 0.717) is 6.54 Å². The minimum atomic E-state index is -0.290. The van der Waals surface area contributed by atoms with Gasteiger partial charge in [0.05, 0.1) is 12.6 Å². The molecule has 1 aromatic heterocycles. The van der Waals surface area contributed by atoms with E-state index in [0.717, 1.165) is 37.1 Å². The number of hydrogen-bond acceptors (Lipinski definition) is 5. The first-order valence-corrected chi connectivity index (χ1v) is 7.85. The van der Waals surface area contributed by atoms with E-state index in [-0.39, 0.29) is 24.4 Å². The standard InChI is InChI=1S/C16H21N5O2/c22-10-13-4-1-3-12(7-13)8-18-16(23)15-19-11-21(20-15)14-5-2-6-17-9-14/h1,3-4,7,11,14,17,22H,2,5-6,8-10H2,(H,18,23). The molecule has 0 spiro atoms. The van der Waals surface area contributed by atoms with Crippen LogP contribution in [0.2, 0.25) is 0 Å². The van der Waals surface area contributed by atoms with Crippen LogP contribution < -0.4 is 10.6 Å². The van der Waals surface area contributed by atoms with Crippen LogP contribution in [0.15, 0.2) is 30.6 Å². The molecule has 7 nitrogen and oxygen atoms in total. The fraction of sp³-hybridized carbons (Fsp3) is 0.438. The van der Waals surface area contributed by atoms with Gasteiger partial charge in [-0.3, -0.25) is 4.79 Å². The molecule has 2 heterocycles. The topological polar surface area (TPSA) is 92.1 Å². The summed E-state index contributed by atoms with van der Waals surface area (Å²) in [5.74, 6) is -0.101. The Labute approximate surface area is 134 Å². The van der Waals surface area contributed by atoms with Crippen molar-refractivity contribution < 1.29 is 9.90 Å². The molecule has 0 saturated carbocycles. The maximum atomic E-state index is 12.2. The van der Waals surface area contributed by atoms with Gasteiger partial charge in [0.1, 0.15) is 6.33 Å². The Morgan fingerprint density at radius 3 is 3.09 bits per heavy atom. The number of amides is 1. The second kappa shape index (κ2) is 7.34. The summed E-state index contributed by atoms with van der Waals surface area (Å²) in [6.45, 7) is 2.26. The van der Waals surface area contributed by atoms with E-state index in [1.54, 1.807) is 11.0 Å². The summed E-state index contributed by atoms with van der Waals surface area (Å²) >= 11 is 0. The number of aliphatic hydroxyl groups is 1. The van der Waals surface area contributed by atoms with Gasteiger partial charge in [0.15, 0.2) is 0 Å². The average Bonchev–Trinajstić information content (AvgIpc) is 3.11. The van der Waals surface area contributed by atoms with Gasteiger partial charge in [0.2, 0.25) is 5.82 Å². The molecule has 1 unspecified atom stereocenters. The van der Waals surface area contributed by atoms with E-state index >= 15 is 0 Å². The number of nitrogens with zero attached hydrogens (tertiary/aromatic N) is 3. The Morgan fingerprint density at radius 2 is 2.30 bits per heavy atom. The molecule has 122 valence electrons. The van der Waals surface area contributed by atoms with Crippen LogP contribution in [0, 0.1) is 0 Å². The summed E-state index contributed by atoms with van der Waals surface area (Å²) in [6.07, 6.45) is 3.78. The van der Waals surface area contributed by atoms with Gasteiger partial charge >= 0.3 is 0 Å². The molecule has 3 rings (SSSR count). The van der Waals surface area contributed by atoms with Gasteiger partial charge in [-0.05, 0) is 30.5 Å². The van der Waals surface area contributed by atoms with Crippen molar-refractivity contribution in [3.05, 3.63) is 47.5 Å². The zero-order chi connectivity index (χ0) is 16.1. The molecule has 2 aromatic rings. The second-order valence-corrected chi connectivity index (χ2v) is 5.71. The number of carbonyl (C=O) groups is 1. The molecule has 1 aliphatic rings. The number of piperidine rings is 1. The van der Waals surface area contributed by atoms with Crippen LogP contribution in [0.4, 0.5) is 0 Å². The van der Waals surface area contributed by atoms with E-state index in [9.17, 15) is 4.79 Å². The van der Waals surface area contributed by atoms with Crippen LogP contribution in [0.5, 0.6) is 0 Å². The van der Waals surface area contributed by atoms with Crippen molar-refractivity contribution in [2.75, 3.05) is 13.1 Å². The fourth-order valence-electron chi connectivity index (χ4n) is 2.71. The number of nitrogens with one attached hydrogen (secondary N) is 2. The van der Waals surface area contributed by atoms with Crippen LogP contribution in [-0.4, -0.2) is 38.9 Å². The molecule has 3 N–H and O–H groups in total. The lowest BCUT2D eigenvalue weighted by atomic mass is 10.1. The predicted octanol–water partition coefficient (Wildman–Crippen LogP) is 0.625. The Morgan fingerprint density at radius 1 is 1.43 bits per heavy atom. The van der Waals surface area contributed by atoms with Crippen molar-refractivity contribution in [1.82, 2.24) is 25.4 Å². The lowest BCUT2D eigenvalue weighted by molar-refractivity contribution is 0.0939. The number of carbonyl (C=O) groups excluding carboxylic acids is 1. The molecule has 1 aliphatic heterocycles. The van der Waals surface area contributed by atoms with Crippen molar-refractivity contribution in [3.8, 4) is 0 Å². The maximum absolute atomic E-state index is 12.2. The van der Waals surface area contributed by atoms with Crippen molar-refractivity contribution in [2.24, 2.45) is 0 Å². The second-order valence-electron chi connectivity index (χ2n) is 5.71. The Hall–Kier alpha value is -2.25. The molecule has 7 heteroatoms. The molecular weight excluding hydrogens is 294 g/mol. The number of aliphatic hydroxyl groups excluding tert-OH is 1. The van der Waals surface area contributed by atoms with Crippen molar-refractivity contribution in [2.45, 2.75) is 32.0 Å². The van der Waals surface area contributed by atoms with Crippen LogP contribution >= 0.6 is 0 Å². The number of aromatic nitrogens is 3. The minimum absolute atomic E-state index is 0.0107. The molecule has 1 aromatic carbocycles. The molecule has 1 atom stereocenters. The van der Waals surface area contributed by atoms with Crippen molar-refractivity contribution >= 4 is 5.91 Å². The summed E-state index contributed by atoms with van der Waals surface area (Å²) in [4.78, 5) is 16.3. The Balaban J connectivity index is 1.58. The van der Waals surface area contributed by atoms with Crippen LogP contribution in [-0.2, 0) is 13.2 Å².